The Morgan fingerprint density at radius 3 is 2.50 bits per heavy atom. The van der Waals surface area contributed by atoms with Crippen LogP contribution in [-0.4, -0.2) is 42.2 Å². The number of para-hydroxylation sites is 2. The van der Waals surface area contributed by atoms with E-state index in [4.69, 9.17) is 9.47 Å². The van der Waals surface area contributed by atoms with E-state index in [0.29, 0.717) is 10.6 Å². The molecule has 0 aliphatic rings. The number of carbonyl (C=O) groups is 3. The summed E-state index contributed by atoms with van der Waals surface area (Å²) in [4.78, 5) is 46.3. The van der Waals surface area contributed by atoms with Crippen LogP contribution in [0.25, 0.3) is 0 Å². The zero-order chi connectivity index (χ0) is 20.5. The summed E-state index contributed by atoms with van der Waals surface area (Å²) in [6.07, 6.45) is 0. The lowest BCUT2D eigenvalue weighted by atomic mass is 10.2. The predicted octanol–water partition coefficient (Wildman–Crippen LogP) is 2.20. The van der Waals surface area contributed by atoms with Crippen LogP contribution in [0.2, 0.25) is 0 Å². The van der Waals surface area contributed by atoms with Crippen LogP contribution in [0.5, 0.6) is 5.75 Å². The fraction of sp³-hybridized carbons (Fsp3) is 0.167. The molecule has 146 valence electrons. The minimum Gasteiger partial charge on any atom is -0.496 e. The molecule has 0 aliphatic heterocycles. The van der Waals surface area contributed by atoms with Gasteiger partial charge in [0, 0.05) is 6.07 Å². The van der Waals surface area contributed by atoms with Gasteiger partial charge in [-0.05, 0) is 18.2 Å². The fourth-order valence-electron chi connectivity index (χ4n) is 2.12. The molecule has 10 heteroatoms. The van der Waals surface area contributed by atoms with Crippen molar-refractivity contribution < 1.29 is 28.8 Å². The summed E-state index contributed by atoms with van der Waals surface area (Å²) < 4.78 is 9.83. The quantitative estimate of drug-likeness (QED) is 0.307. The molecule has 2 amide bonds. The van der Waals surface area contributed by atoms with Crippen molar-refractivity contribution in [1.29, 1.82) is 0 Å². The molecule has 2 aromatic carbocycles. The summed E-state index contributed by atoms with van der Waals surface area (Å²) in [5.74, 6) is -2.17. The highest BCUT2D eigenvalue weighted by molar-refractivity contribution is 8.00. The highest BCUT2D eigenvalue weighted by Crippen LogP contribution is 2.28. The van der Waals surface area contributed by atoms with E-state index in [9.17, 15) is 24.5 Å². The number of amides is 2. The summed E-state index contributed by atoms with van der Waals surface area (Å²) in [5, 5.41) is 13.0. The highest BCUT2D eigenvalue weighted by atomic mass is 32.2. The maximum absolute atomic E-state index is 12.1. The molecule has 0 aliphatic carbocycles. The molecule has 0 radical (unpaired) electrons. The van der Waals surface area contributed by atoms with Crippen LogP contribution in [0.15, 0.2) is 53.4 Å². The fourth-order valence-corrected chi connectivity index (χ4v) is 2.94. The van der Waals surface area contributed by atoms with Crippen molar-refractivity contribution in [2.24, 2.45) is 0 Å². The molecule has 1 N–H and O–H groups in total. The van der Waals surface area contributed by atoms with Gasteiger partial charge in [-0.2, -0.15) is 0 Å². The number of methoxy groups -OCH3 is 1. The third kappa shape index (κ3) is 5.81. The molecule has 2 rings (SSSR count). The van der Waals surface area contributed by atoms with Crippen LogP contribution in [0.3, 0.4) is 0 Å². The van der Waals surface area contributed by atoms with Crippen LogP contribution in [-0.2, 0) is 14.3 Å². The monoisotopic (exact) mass is 404 g/mol. The average molecular weight is 404 g/mol. The van der Waals surface area contributed by atoms with Crippen molar-refractivity contribution >= 4 is 35.2 Å². The molecule has 0 saturated carbocycles. The zero-order valence-electron chi connectivity index (χ0n) is 14.7. The molecule has 0 atom stereocenters. The van der Waals surface area contributed by atoms with E-state index in [1.165, 1.54) is 31.4 Å². The standard InChI is InChI=1S/C18H16N2O7S/c1-26-14-8-4-2-6-12(14)18(23)19-16(21)10-27-17(22)11-28-15-9-5-3-7-13(15)20(24)25/h2-9H,10-11H2,1H3,(H,19,21,23). The molecule has 0 heterocycles. The molecule has 0 fully saturated rings. The van der Waals surface area contributed by atoms with Crippen LogP contribution >= 0.6 is 11.8 Å². The second-order valence-corrected chi connectivity index (χ2v) is 6.27. The number of nitrogens with one attached hydrogen (secondary N) is 1. The molecule has 28 heavy (non-hydrogen) atoms. The first-order chi connectivity index (χ1) is 13.4. The smallest absolute Gasteiger partial charge is 0.316 e. The summed E-state index contributed by atoms with van der Waals surface area (Å²) in [6, 6.07) is 12.3. The third-order valence-corrected chi connectivity index (χ3v) is 4.41. The van der Waals surface area contributed by atoms with E-state index in [-0.39, 0.29) is 17.0 Å². The lowest BCUT2D eigenvalue weighted by Crippen LogP contribution is -2.34. The van der Waals surface area contributed by atoms with Crippen LogP contribution in [0, 0.1) is 10.1 Å². The Kier molecular flexibility index (Phi) is 7.52. The van der Waals surface area contributed by atoms with Crippen LogP contribution in [0.1, 0.15) is 10.4 Å². The van der Waals surface area contributed by atoms with Gasteiger partial charge in [0.15, 0.2) is 6.61 Å². The second kappa shape index (κ2) is 10.1. The normalized spacial score (nSPS) is 10.0. The maximum Gasteiger partial charge on any atom is 0.316 e. The van der Waals surface area contributed by atoms with E-state index in [0.717, 1.165) is 11.8 Å². The number of imide groups is 1. The second-order valence-electron chi connectivity index (χ2n) is 5.25. The minimum atomic E-state index is -0.806. The summed E-state index contributed by atoms with van der Waals surface area (Å²) >= 11 is 0.919. The number of benzene rings is 2. The lowest BCUT2D eigenvalue weighted by molar-refractivity contribution is -0.387. The molecule has 0 bridgehead atoms. The Balaban J connectivity index is 1.82. The van der Waals surface area contributed by atoms with Gasteiger partial charge >= 0.3 is 5.97 Å². The van der Waals surface area contributed by atoms with Gasteiger partial charge in [-0.15, -0.1) is 11.8 Å². The molecular weight excluding hydrogens is 388 g/mol. The van der Waals surface area contributed by atoms with Gasteiger partial charge in [-0.1, -0.05) is 24.3 Å². The predicted molar refractivity (Wildman–Crippen MR) is 100 cm³/mol. The van der Waals surface area contributed by atoms with E-state index >= 15 is 0 Å². The van der Waals surface area contributed by atoms with Crippen molar-refractivity contribution in [1.82, 2.24) is 5.32 Å². The van der Waals surface area contributed by atoms with Gasteiger partial charge in [-0.25, -0.2) is 0 Å². The number of hydrogen-bond donors (Lipinski definition) is 1. The largest absolute Gasteiger partial charge is 0.496 e. The van der Waals surface area contributed by atoms with Crippen molar-refractivity contribution in [2.45, 2.75) is 4.90 Å². The number of thioether (sulfide) groups is 1. The Morgan fingerprint density at radius 1 is 1.11 bits per heavy atom. The van der Waals surface area contributed by atoms with Gasteiger partial charge in [0.05, 0.1) is 28.2 Å². The third-order valence-electron chi connectivity index (χ3n) is 3.38. The van der Waals surface area contributed by atoms with Crippen LogP contribution in [0.4, 0.5) is 5.69 Å². The van der Waals surface area contributed by atoms with E-state index < -0.39 is 29.3 Å². The molecule has 0 unspecified atom stereocenters. The molecule has 9 nitrogen and oxygen atoms in total. The number of esters is 1. The van der Waals surface area contributed by atoms with Gasteiger partial charge in [0.2, 0.25) is 0 Å². The molecule has 2 aromatic rings. The Morgan fingerprint density at radius 2 is 1.79 bits per heavy atom. The summed E-state index contributed by atoms with van der Waals surface area (Å²) in [7, 11) is 1.39. The molecular formula is C18H16N2O7S. The first-order valence-electron chi connectivity index (χ1n) is 7.91. The van der Waals surface area contributed by atoms with Gasteiger partial charge in [0.25, 0.3) is 17.5 Å². The Bertz CT molecular complexity index is 901. The Labute approximate surface area is 164 Å². The number of hydrogen-bond acceptors (Lipinski definition) is 8. The number of nitro benzene ring substituents is 1. The van der Waals surface area contributed by atoms with E-state index in [1.807, 2.05) is 0 Å². The van der Waals surface area contributed by atoms with Crippen molar-refractivity contribution in [3.05, 3.63) is 64.2 Å². The van der Waals surface area contributed by atoms with E-state index in [1.54, 1.807) is 24.3 Å². The van der Waals surface area contributed by atoms with Crippen molar-refractivity contribution in [3.63, 3.8) is 0 Å². The molecule has 0 aromatic heterocycles. The average Bonchev–Trinajstić information content (AvgIpc) is 2.70. The number of nitro groups is 1. The van der Waals surface area contributed by atoms with Crippen LogP contribution < -0.4 is 10.1 Å². The van der Waals surface area contributed by atoms with Gasteiger partial charge in [0.1, 0.15) is 5.75 Å². The molecule has 0 saturated heterocycles. The van der Waals surface area contributed by atoms with Crippen molar-refractivity contribution in [2.75, 3.05) is 19.5 Å². The molecule has 0 spiro atoms. The Hall–Kier alpha value is -3.40. The SMILES string of the molecule is COc1ccccc1C(=O)NC(=O)COC(=O)CSc1ccccc1[N+](=O)[O-]. The highest BCUT2D eigenvalue weighted by Gasteiger charge is 2.17. The number of ether oxygens (including phenoxy) is 2. The summed E-state index contributed by atoms with van der Waals surface area (Å²) in [6.45, 7) is -0.656. The summed E-state index contributed by atoms with van der Waals surface area (Å²) in [5.41, 5.74) is 0.0390. The topological polar surface area (TPSA) is 125 Å². The van der Waals surface area contributed by atoms with Crippen molar-refractivity contribution in [3.8, 4) is 5.75 Å². The first kappa shape index (κ1) is 20.9. The number of rotatable bonds is 8. The first-order valence-corrected chi connectivity index (χ1v) is 8.90. The maximum atomic E-state index is 12.1. The number of nitrogens with zero attached hydrogens (tertiary/aromatic N) is 1. The zero-order valence-corrected chi connectivity index (χ0v) is 15.6. The van der Waals surface area contributed by atoms with E-state index in [2.05, 4.69) is 5.32 Å². The van der Waals surface area contributed by atoms with Gasteiger partial charge in [-0.3, -0.25) is 29.8 Å². The number of carbonyl (C=O) groups excluding carboxylic acids is 3. The van der Waals surface area contributed by atoms with Gasteiger partial charge < -0.3 is 9.47 Å². The lowest BCUT2D eigenvalue weighted by Gasteiger charge is -2.08. The minimum absolute atomic E-state index is 0.125.